The topological polar surface area (TPSA) is 80.9 Å². The molecule has 0 unspecified atom stereocenters. The van der Waals surface area contributed by atoms with E-state index in [9.17, 15) is 0 Å². The van der Waals surface area contributed by atoms with Crippen LogP contribution in [0.1, 0.15) is 34.6 Å². The molecule has 0 aliphatic carbocycles. The Kier molecular flexibility index (Phi) is 91.9. The Morgan fingerprint density at radius 2 is 0.800 bits per heavy atom. The van der Waals surface area contributed by atoms with Crippen LogP contribution in [-0.2, 0) is 26.2 Å². The maximum absolute atomic E-state index is 8.14. The van der Waals surface area contributed by atoms with Gasteiger partial charge in [-0.3, -0.25) is 0 Å². The SMILES string of the molecule is CC(C)CO.CCO.CCO.CCO.[Zr]. The predicted octanol–water partition coefficient (Wildman–Crippen LogP) is 0.628. The fraction of sp³-hybridized carbons (Fsp3) is 1.00. The summed E-state index contributed by atoms with van der Waals surface area (Å²) in [6.45, 7) is 10.0. The van der Waals surface area contributed by atoms with E-state index in [1.807, 2.05) is 13.8 Å². The van der Waals surface area contributed by atoms with Gasteiger partial charge in [-0.05, 0) is 26.7 Å². The largest absolute Gasteiger partial charge is 0.397 e. The molecule has 0 aromatic carbocycles. The van der Waals surface area contributed by atoms with Crippen molar-refractivity contribution in [3.05, 3.63) is 0 Å². The third-order valence-corrected chi connectivity index (χ3v) is 0.365. The van der Waals surface area contributed by atoms with Crippen LogP contribution in [0, 0.1) is 5.92 Å². The van der Waals surface area contributed by atoms with E-state index < -0.39 is 0 Å². The fourth-order valence-electron chi connectivity index (χ4n) is 0. The monoisotopic (exact) mass is 302 g/mol. The van der Waals surface area contributed by atoms with E-state index in [4.69, 9.17) is 20.4 Å². The Morgan fingerprint density at radius 1 is 0.733 bits per heavy atom. The third kappa shape index (κ3) is 321. The Balaban J connectivity index is -0.0000000300. The van der Waals surface area contributed by atoms with Crippen molar-refractivity contribution in [2.75, 3.05) is 26.4 Å². The molecule has 0 radical (unpaired) electrons. The van der Waals surface area contributed by atoms with Gasteiger partial charge in [-0.25, -0.2) is 0 Å². The molecule has 5 heteroatoms. The van der Waals surface area contributed by atoms with Crippen LogP contribution in [0.4, 0.5) is 0 Å². The molecular formula is C10H28O4Zr. The van der Waals surface area contributed by atoms with E-state index in [1.165, 1.54) is 0 Å². The van der Waals surface area contributed by atoms with Crippen LogP contribution in [0.5, 0.6) is 0 Å². The second-order valence-electron chi connectivity index (χ2n) is 2.53. The quantitative estimate of drug-likeness (QED) is 0.573. The Hall–Kier alpha value is 0.723. The number of hydrogen-bond donors (Lipinski definition) is 4. The van der Waals surface area contributed by atoms with Gasteiger partial charge in [0.15, 0.2) is 0 Å². The van der Waals surface area contributed by atoms with Crippen molar-refractivity contribution in [2.24, 2.45) is 5.92 Å². The summed E-state index contributed by atoms with van der Waals surface area (Å²) in [4.78, 5) is 0. The molecule has 0 fully saturated rings. The van der Waals surface area contributed by atoms with Crippen LogP contribution in [0.25, 0.3) is 0 Å². The van der Waals surface area contributed by atoms with Crippen molar-refractivity contribution < 1.29 is 46.6 Å². The molecule has 15 heavy (non-hydrogen) atoms. The van der Waals surface area contributed by atoms with Crippen LogP contribution in [0.2, 0.25) is 0 Å². The van der Waals surface area contributed by atoms with E-state index in [2.05, 4.69) is 0 Å². The van der Waals surface area contributed by atoms with Gasteiger partial charge >= 0.3 is 0 Å². The first-order chi connectivity index (χ1) is 6.51. The van der Waals surface area contributed by atoms with Crippen LogP contribution in [0.3, 0.4) is 0 Å². The predicted molar refractivity (Wildman–Crippen MR) is 60.2 cm³/mol. The van der Waals surface area contributed by atoms with Crippen LogP contribution in [0.15, 0.2) is 0 Å². The van der Waals surface area contributed by atoms with Crippen molar-refractivity contribution in [3.8, 4) is 0 Å². The van der Waals surface area contributed by atoms with Gasteiger partial charge in [0, 0.05) is 52.6 Å². The van der Waals surface area contributed by atoms with Gasteiger partial charge < -0.3 is 20.4 Å². The number of aliphatic hydroxyl groups is 4. The summed E-state index contributed by atoms with van der Waals surface area (Å²) < 4.78 is 0. The minimum Gasteiger partial charge on any atom is -0.397 e. The molecule has 0 aliphatic rings. The average molecular weight is 304 g/mol. The number of rotatable bonds is 1. The normalized spacial score (nSPS) is 6.80. The van der Waals surface area contributed by atoms with E-state index in [1.54, 1.807) is 20.8 Å². The summed E-state index contributed by atoms with van der Waals surface area (Å²) >= 11 is 0. The minimum absolute atomic E-state index is 0. The molecule has 4 N–H and O–H groups in total. The molecule has 4 nitrogen and oxygen atoms in total. The molecule has 0 rings (SSSR count). The first kappa shape index (κ1) is 29.6. The molecule has 0 saturated heterocycles. The molecule has 0 aliphatic heterocycles. The van der Waals surface area contributed by atoms with E-state index in [0.717, 1.165) is 0 Å². The van der Waals surface area contributed by atoms with Crippen molar-refractivity contribution in [3.63, 3.8) is 0 Å². The Morgan fingerprint density at radius 3 is 0.800 bits per heavy atom. The third-order valence-electron chi connectivity index (χ3n) is 0.365. The molecule has 0 heterocycles. The second-order valence-corrected chi connectivity index (χ2v) is 2.53. The van der Waals surface area contributed by atoms with Crippen molar-refractivity contribution in [2.45, 2.75) is 34.6 Å². The van der Waals surface area contributed by atoms with Crippen molar-refractivity contribution in [1.29, 1.82) is 0 Å². The van der Waals surface area contributed by atoms with Gasteiger partial charge in [0.25, 0.3) is 0 Å². The summed E-state index contributed by atoms with van der Waals surface area (Å²) in [5.74, 6) is 0.440. The summed E-state index contributed by atoms with van der Waals surface area (Å²) in [6, 6.07) is 0. The van der Waals surface area contributed by atoms with E-state index in [0.29, 0.717) is 12.5 Å². The zero-order valence-corrected chi connectivity index (χ0v) is 13.2. The summed E-state index contributed by atoms with van der Waals surface area (Å²) in [7, 11) is 0. The zero-order valence-electron chi connectivity index (χ0n) is 10.7. The van der Waals surface area contributed by atoms with Gasteiger partial charge in [0.05, 0.1) is 0 Å². The molecule has 0 atom stereocenters. The van der Waals surface area contributed by atoms with Crippen LogP contribution >= 0.6 is 0 Å². The summed E-state index contributed by atoms with van der Waals surface area (Å²) in [5, 5.41) is 30.9. The van der Waals surface area contributed by atoms with Gasteiger partial charge in [-0.2, -0.15) is 0 Å². The molecular weight excluding hydrogens is 275 g/mol. The number of aliphatic hydroxyl groups excluding tert-OH is 4. The standard InChI is InChI=1S/C4H10O.3C2H6O.Zr/c1-4(2)3-5;3*1-2-3;/h4-5H,3H2,1-2H3;3*3H,2H2,1H3;. The Labute approximate surface area is 113 Å². The van der Waals surface area contributed by atoms with Gasteiger partial charge in [0.2, 0.25) is 0 Å². The molecule has 96 valence electrons. The molecule has 0 aromatic rings. The van der Waals surface area contributed by atoms with E-state index in [-0.39, 0.29) is 46.0 Å². The van der Waals surface area contributed by atoms with Gasteiger partial charge in [-0.1, -0.05) is 13.8 Å². The fourth-order valence-corrected chi connectivity index (χ4v) is 0. The zero-order chi connectivity index (χ0) is 12.4. The minimum atomic E-state index is 0. The average Bonchev–Trinajstić information content (AvgIpc) is 2.08. The van der Waals surface area contributed by atoms with Crippen LogP contribution < -0.4 is 0 Å². The Bertz CT molecular complexity index is 49.9. The van der Waals surface area contributed by atoms with Gasteiger partial charge in [0.1, 0.15) is 0 Å². The maximum atomic E-state index is 8.14. The summed E-state index contributed by atoms with van der Waals surface area (Å²) in [5.41, 5.74) is 0. The van der Waals surface area contributed by atoms with Gasteiger partial charge in [-0.15, -0.1) is 0 Å². The second kappa shape index (κ2) is 46.5. The van der Waals surface area contributed by atoms with E-state index >= 15 is 0 Å². The molecule has 0 spiro atoms. The first-order valence-corrected chi connectivity index (χ1v) is 4.95. The molecule has 0 saturated carbocycles. The summed E-state index contributed by atoms with van der Waals surface area (Å²) in [6.07, 6.45) is 0. The maximum Gasteiger partial charge on any atom is 0.0453 e. The van der Waals surface area contributed by atoms with Crippen molar-refractivity contribution in [1.82, 2.24) is 0 Å². The number of hydrogen-bond acceptors (Lipinski definition) is 4. The smallest absolute Gasteiger partial charge is 0.0453 e. The molecule has 0 amide bonds. The first-order valence-electron chi connectivity index (χ1n) is 4.95. The van der Waals surface area contributed by atoms with Crippen molar-refractivity contribution >= 4 is 0 Å². The van der Waals surface area contributed by atoms with Crippen LogP contribution in [-0.4, -0.2) is 46.9 Å². The molecule has 0 aromatic heterocycles. The molecule has 0 bridgehead atoms.